The molecule has 1 heterocycles. The van der Waals surface area contributed by atoms with Crippen molar-refractivity contribution in [3.8, 4) is 5.75 Å². The molecule has 29 heavy (non-hydrogen) atoms. The Labute approximate surface area is 167 Å². The van der Waals surface area contributed by atoms with Crippen LogP contribution >= 0.6 is 0 Å². The van der Waals surface area contributed by atoms with E-state index in [1.54, 1.807) is 56.3 Å². The summed E-state index contributed by atoms with van der Waals surface area (Å²) in [5.41, 5.74) is 0.896. The van der Waals surface area contributed by atoms with Crippen molar-refractivity contribution in [1.82, 2.24) is 9.55 Å². The molecule has 8 nitrogen and oxygen atoms in total. The molecule has 1 amide bonds. The molecule has 0 spiro atoms. The van der Waals surface area contributed by atoms with Crippen LogP contribution in [0, 0.1) is 6.92 Å². The van der Waals surface area contributed by atoms with Gasteiger partial charge in [-0.1, -0.05) is 12.1 Å². The zero-order valence-electron chi connectivity index (χ0n) is 16.4. The molecule has 0 aliphatic heterocycles. The van der Waals surface area contributed by atoms with Crippen LogP contribution in [-0.4, -0.2) is 35.1 Å². The first-order valence-electron chi connectivity index (χ1n) is 9.05. The zero-order valence-corrected chi connectivity index (χ0v) is 16.4. The molecule has 0 atom stereocenters. The van der Waals surface area contributed by atoms with E-state index >= 15 is 0 Å². The molecular formula is C21H21N3O5. The van der Waals surface area contributed by atoms with Crippen molar-refractivity contribution >= 4 is 28.5 Å². The summed E-state index contributed by atoms with van der Waals surface area (Å²) in [6, 6.07) is 11.7. The third-order valence-electron chi connectivity index (χ3n) is 4.35. The van der Waals surface area contributed by atoms with Crippen LogP contribution in [0.3, 0.4) is 0 Å². The first-order valence-corrected chi connectivity index (χ1v) is 9.05. The number of nitrogens with zero attached hydrogens (tertiary/aromatic N) is 2. The summed E-state index contributed by atoms with van der Waals surface area (Å²) in [7, 11) is 1.49. The van der Waals surface area contributed by atoms with Crippen LogP contribution in [0.25, 0.3) is 10.9 Å². The molecule has 0 aliphatic rings. The number of amides is 1. The van der Waals surface area contributed by atoms with Crippen molar-refractivity contribution in [2.75, 3.05) is 19.0 Å². The zero-order chi connectivity index (χ0) is 21.0. The smallest absolute Gasteiger partial charge is 0.326 e. The average molecular weight is 395 g/mol. The number of nitrogens with one attached hydrogen (secondary N) is 1. The van der Waals surface area contributed by atoms with Gasteiger partial charge in [0, 0.05) is 5.69 Å². The fourth-order valence-corrected chi connectivity index (χ4v) is 2.96. The number of rotatable bonds is 6. The number of anilines is 1. The number of hydrogen-bond donors (Lipinski definition) is 1. The number of methoxy groups -OCH3 is 1. The van der Waals surface area contributed by atoms with Gasteiger partial charge in [0.1, 0.15) is 18.1 Å². The van der Waals surface area contributed by atoms with Crippen molar-refractivity contribution in [3.05, 3.63) is 64.2 Å². The van der Waals surface area contributed by atoms with Gasteiger partial charge in [0.2, 0.25) is 0 Å². The molecule has 0 fully saturated rings. The summed E-state index contributed by atoms with van der Waals surface area (Å²) in [5, 5.41) is 3.05. The van der Waals surface area contributed by atoms with Crippen molar-refractivity contribution in [3.63, 3.8) is 0 Å². The summed E-state index contributed by atoms with van der Waals surface area (Å²) in [6.45, 7) is 3.35. The van der Waals surface area contributed by atoms with Crippen molar-refractivity contribution in [2.45, 2.75) is 20.4 Å². The van der Waals surface area contributed by atoms with Gasteiger partial charge < -0.3 is 14.8 Å². The maximum atomic E-state index is 12.9. The second-order valence-corrected chi connectivity index (χ2v) is 6.24. The van der Waals surface area contributed by atoms with E-state index < -0.39 is 5.97 Å². The summed E-state index contributed by atoms with van der Waals surface area (Å²) < 4.78 is 11.4. The molecule has 0 bridgehead atoms. The Balaban J connectivity index is 1.95. The Kier molecular flexibility index (Phi) is 5.92. The second kappa shape index (κ2) is 8.55. The molecular weight excluding hydrogens is 374 g/mol. The molecule has 1 aromatic heterocycles. The van der Waals surface area contributed by atoms with Gasteiger partial charge in [-0.15, -0.1) is 0 Å². The maximum absolute atomic E-state index is 12.9. The van der Waals surface area contributed by atoms with Gasteiger partial charge in [-0.05, 0) is 44.2 Å². The number of hydrogen-bond acceptors (Lipinski definition) is 6. The van der Waals surface area contributed by atoms with Crippen LogP contribution in [0.5, 0.6) is 5.75 Å². The predicted molar refractivity (Wildman–Crippen MR) is 108 cm³/mol. The summed E-state index contributed by atoms with van der Waals surface area (Å²) in [4.78, 5) is 41.7. The molecule has 0 saturated carbocycles. The fourth-order valence-electron chi connectivity index (χ4n) is 2.96. The van der Waals surface area contributed by atoms with Gasteiger partial charge >= 0.3 is 5.97 Å². The highest BCUT2D eigenvalue weighted by molar-refractivity contribution is 6.06. The van der Waals surface area contributed by atoms with Crippen molar-refractivity contribution in [1.29, 1.82) is 0 Å². The Morgan fingerprint density at radius 3 is 2.66 bits per heavy atom. The molecule has 150 valence electrons. The molecule has 0 aliphatic carbocycles. The number of carbonyl (C=O) groups excluding carboxylic acids is 2. The molecule has 0 unspecified atom stereocenters. The normalized spacial score (nSPS) is 10.6. The van der Waals surface area contributed by atoms with Gasteiger partial charge in [0.25, 0.3) is 11.5 Å². The van der Waals surface area contributed by atoms with E-state index in [4.69, 9.17) is 9.47 Å². The van der Waals surface area contributed by atoms with Crippen LogP contribution in [0.1, 0.15) is 23.1 Å². The van der Waals surface area contributed by atoms with Gasteiger partial charge in [-0.3, -0.25) is 19.0 Å². The van der Waals surface area contributed by atoms with Crippen molar-refractivity contribution < 1.29 is 19.1 Å². The van der Waals surface area contributed by atoms with E-state index in [9.17, 15) is 14.4 Å². The number of esters is 1. The number of ether oxygens (including phenoxy) is 2. The summed E-state index contributed by atoms with van der Waals surface area (Å²) in [6.07, 6.45) is 0. The molecule has 0 saturated heterocycles. The highest BCUT2D eigenvalue weighted by Gasteiger charge is 2.15. The van der Waals surface area contributed by atoms with E-state index in [-0.39, 0.29) is 30.0 Å². The molecule has 0 radical (unpaired) electrons. The van der Waals surface area contributed by atoms with Crippen LogP contribution in [0.15, 0.2) is 47.3 Å². The van der Waals surface area contributed by atoms with E-state index in [1.165, 1.54) is 11.7 Å². The van der Waals surface area contributed by atoms with Crippen LogP contribution in [0.4, 0.5) is 5.69 Å². The molecule has 2 aromatic carbocycles. The van der Waals surface area contributed by atoms with Crippen LogP contribution < -0.4 is 15.6 Å². The number of fused-ring (bicyclic) bond motifs is 1. The fraction of sp³-hybridized carbons (Fsp3) is 0.238. The number of benzene rings is 2. The van der Waals surface area contributed by atoms with Crippen LogP contribution in [0.2, 0.25) is 0 Å². The average Bonchev–Trinajstić information content (AvgIpc) is 2.71. The lowest BCUT2D eigenvalue weighted by Gasteiger charge is -2.12. The lowest BCUT2D eigenvalue weighted by molar-refractivity contribution is -0.143. The number of carbonyl (C=O) groups is 2. The van der Waals surface area contributed by atoms with Gasteiger partial charge in [-0.2, -0.15) is 0 Å². The third-order valence-corrected chi connectivity index (χ3v) is 4.35. The van der Waals surface area contributed by atoms with E-state index in [0.29, 0.717) is 28.3 Å². The SMILES string of the molecule is CCOC(=O)Cn1c(C)nc2ccc(NC(=O)c3ccccc3OC)cc2c1=O. The minimum Gasteiger partial charge on any atom is -0.496 e. The molecule has 3 rings (SSSR count). The van der Waals surface area contributed by atoms with E-state index in [1.807, 2.05) is 0 Å². The minimum absolute atomic E-state index is 0.223. The minimum atomic E-state index is -0.514. The molecule has 3 aromatic rings. The topological polar surface area (TPSA) is 99.5 Å². The highest BCUT2D eigenvalue weighted by atomic mass is 16.5. The summed E-state index contributed by atoms with van der Waals surface area (Å²) >= 11 is 0. The Morgan fingerprint density at radius 2 is 1.93 bits per heavy atom. The van der Waals surface area contributed by atoms with Crippen molar-refractivity contribution in [2.24, 2.45) is 0 Å². The number of aromatic nitrogens is 2. The largest absolute Gasteiger partial charge is 0.496 e. The quantitative estimate of drug-likeness (QED) is 0.644. The van der Waals surface area contributed by atoms with Gasteiger partial charge in [0.15, 0.2) is 0 Å². The number of para-hydroxylation sites is 1. The Morgan fingerprint density at radius 1 is 1.17 bits per heavy atom. The third kappa shape index (κ3) is 4.26. The predicted octanol–water partition coefficient (Wildman–Crippen LogP) is 2.53. The monoisotopic (exact) mass is 395 g/mol. The highest BCUT2D eigenvalue weighted by Crippen LogP contribution is 2.20. The molecule has 8 heteroatoms. The second-order valence-electron chi connectivity index (χ2n) is 6.24. The van der Waals surface area contributed by atoms with E-state index in [0.717, 1.165) is 0 Å². The van der Waals surface area contributed by atoms with Gasteiger partial charge in [0.05, 0.1) is 30.2 Å². The van der Waals surface area contributed by atoms with Crippen LogP contribution in [-0.2, 0) is 16.1 Å². The standard InChI is InChI=1S/C21H21N3O5/c1-4-29-19(25)12-24-13(2)22-17-10-9-14(11-16(17)21(24)27)23-20(26)15-7-5-6-8-18(15)28-3/h5-11H,4,12H2,1-3H3,(H,23,26). The Hall–Kier alpha value is -3.68. The first-order chi connectivity index (χ1) is 13.9. The van der Waals surface area contributed by atoms with Gasteiger partial charge in [-0.25, -0.2) is 4.98 Å². The number of aryl methyl sites for hydroxylation is 1. The Bertz CT molecular complexity index is 1140. The first kappa shape index (κ1) is 20.1. The molecule has 1 N–H and O–H groups in total. The lowest BCUT2D eigenvalue weighted by Crippen LogP contribution is -2.28. The summed E-state index contributed by atoms with van der Waals surface area (Å²) in [5.74, 6) is -0.0329. The lowest BCUT2D eigenvalue weighted by atomic mass is 10.1. The van der Waals surface area contributed by atoms with E-state index in [2.05, 4.69) is 10.3 Å². The maximum Gasteiger partial charge on any atom is 0.326 e.